The van der Waals surface area contributed by atoms with Crippen molar-refractivity contribution in [1.82, 2.24) is 0 Å². The second kappa shape index (κ2) is 3.97. The van der Waals surface area contributed by atoms with Crippen molar-refractivity contribution >= 4 is 0 Å². The summed E-state index contributed by atoms with van der Waals surface area (Å²) in [6.07, 6.45) is 8.03. The molecule has 1 aliphatic rings. The molecule has 60 valence electrons. The summed E-state index contributed by atoms with van der Waals surface area (Å²) >= 11 is 0. The lowest BCUT2D eigenvalue weighted by molar-refractivity contribution is 0.376. The average molecular weight is 141 g/mol. The van der Waals surface area contributed by atoms with Gasteiger partial charge in [0.15, 0.2) is 0 Å². The highest BCUT2D eigenvalue weighted by Crippen LogP contribution is 2.20. The predicted molar refractivity (Wildman–Crippen MR) is 44.8 cm³/mol. The van der Waals surface area contributed by atoms with Crippen LogP contribution >= 0.6 is 0 Å². The maximum atomic E-state index is 5.87. The third kappa shape index (κ3) is 2.70. The summed E-state index contributed by atoms with van der Waals surface area (Å²) in [6, 6.07) is 0.503. The first-order chi connectivity index (χ1) is 4.79. The average Bonchev–Trinajstić information content (AvgIpc) is 1.90. The summed E-state index contributed by atoms with van der Waals surface area (Å²) < 4.78 is 0. The van der Waals surface area contributed by atoms with Crippen molar-refractivity contribution in [1.29, 1.82) is 0 Å². The van der Waals surface area contributed by atoms with Crippen molar-refractivity contribution in [3.63, 3.8) is 0 Å². The van der Waals surface area contributed by atoms with Gasteiger partial charge in [-0.05, 0) is 25.2 Å². The van der Waals surface area contributed by atoms with Gasteiger partial charge in [-0.1, -0.05) is 26.2 Å². The first-order valence-electron chi connectivity index (χ1n) is 4.54. The Hall–Kier alpha value is -0.0400. The first-order valence-corrected chi connectivity index (χ1v) is 4.54. The maximum absolute atomic E-state index is 5.87. The lowest BCUT2D eigenvalue weighted by Gasteiger charge is -2.19. The molecule has 0 aliphatic heterocycles. The van der Waals surface area contributed by atoms with E-state index in [1.807, 2.05) is 0 Å². The molecule has 0 radical (unpaired) electrons. The van der Waals surface area contributed by atoms with Crippen molar-refractivity contribution in [2.45, 2.75) is 51.5 Å². The Bertz CT molecular complexity index is 78.7. The monoisotopic (exact) mass is 141 g/mol. The van der Waals surface area contributed by atoms with Crippen molar-refractivity contribution in [2.75, 3.05) is 0 Å². The maximum Gasteiger partial charge on any atom is 0.00389 e. The molecule has 0 spiro atoms. The van der Waals surface area contributed by atoms with Crippen LogP contribution in [0.4, 0.5) is 0 Å². The van der Waals surface area contributed by atoms with Crippen LogP contribution in [0.3, 0.4) is 0 Å². The van der Waals surface area contributed by atoms with Gasteiger partial charge in [-0.2, -0.15) is 0 Å². The molecule has 1 saturated carbocycles. The largest absolute Gasteiger partial charge is 0.328 e. The van der Waals surface area contributed by atoms with Crippen molar-refractivity contribution < 1.29 is 0 Å². The molecule has 0 aromatic heterocycles. The minimum atomic E-state index is 0.503. The number of hydrogen-bond donors (Lipinski definition) is 1. The highest BCUT2D eigenvalue weighted by Gasteiger charge is 2.10. The van der Waals surface area contributed by atoms with Crippen molar-refractivity contribution in [2.24, 2.45) is 11.7 Å². The van der Waals surface area contributed by atoms with E-state index in [-0.39, 0.29) is 0 Å². The van der Waals surface area contributed by atoms with Crippen LogP contribution in [0.2, 0.25) is 0 Å². The SMILES string of the molecule is CC1CCCCC(N)CC1. The topological polar surface area (TPSA) is 26.0 Å². The number of rotatable bonds is 0. The summed E-state index contributed by atoms with van der Waals surface area (Å²) in [7, 11) is 0. The van der Waals surface area contributed by atoms with Gasteiger partial charge in [0.05, 0.1) is 0 Å². The Labute approximate surface area is 64.0 Å². The minimum Gasteiger partial charge on any atom is -0.328 e. The second-order valence-corrected chi connectivity index (χ2v) is 3.73. The third-order valence-corrected chi connectivity index (χ3v) is 2.55. The summed E-state index contributed by atoms with van der Waals surface area (Å²) in [5, 5.41) is 0. The van der Waals surface area contributed by atoms with Gasteiger partial charge in [0.2, 0.25) is 0 Å². The van der Waals surface area contributed by atoms with Crippen LogP contribution in [-0.2, 0) is 0 Å². The van der Waals surface area contributed by atoms with E-state index in [1.54, 1.807) is 0 Å². The number of nitrogens with two attached hydrogens (primary N) is 1. The molecule has 0 aromatic carbocycles. The zero-order chi connectivity index (χ0) is 7.40. The highest BCUT2D eigenvalue weighted by atomic mass is 14.6. The van der Waals surface area contributed by atoms with Gasteiger partial charge in [-0.25, -0.2) is 0 Å². The van der Waals surface area contributed by atoms with Gasteiger partial charge >= 0.3 is 0 Å². The Morgan fingerprint density at radius 1 is 1.00 bits per heavy atom. The quantitative estimate of drug-likeness (QED) is 0.550. The molecule has 1 heteroatoms. The molecule has 10 heavy (non-hydrogen) atoms. The molecular formula is C9H19N. The molecule has 2 atom stereocenters. The molecule has 0 heterocycles. The van der Waals surface area contributed by atoms with Crippen LogP contribution in [-0.4, -0.2) is 6.04 Å². The first kappa shape index (κ1) is 8.06. The van der Waals surface area contributed by atoms with Crippen LogP contribution < -0.4 is 5.73 Å². The second-order valence-electron chi connectivity index (χ2n) is 3.73. The molecule has 1 aliphatic carbocycles. The van der Waals surface area contributed by atoms with Gasteiger partial charge in [-0.15, -0.1) is 0 Å². The van der Waals surface area contributed by atoms with Gasteiger partial charge in [-0.3, -0.25) is 0 Å². The predicted octanol–water partition coefficient (Wildman–Crippen LogP) is 2.30. The van der Waals surface area contributed by atoms with E-state index in [0.717, 1.165) is 5.92 Å². The van der Waals surface area contributed by atoms with E-state index in [2.05, 4.69) is 6.92 Å². The van der Waals surface area contributed by atoms with E-state index in [4.69, 9.17) is 5.73 Å². The van der Waals surface area contributed by atoms with E-state index < -0.39 is 0 Å². The van der Waals surface area contributed by atoms with E-state index in [1.165, 1.54) is 38.5 Å². The zero-order valence-electron chi connectivity index (χ0n) is 6.97. The highest BCUT2D eigenvalue weighted by molar-refractivity contribution is 4.67. The zero-order valence-corrected chi connectivity index (χ0v) is 6.97. The summed E-state index contributed by atoms with van der Waals surface area (Å²) in [6.45, 7) is 2.35. The Morgan fingerprint density at radius 3 is 2.50 bits per heavy atom. The molecule has 0 aromatic rings. The van der Waals surface area contributed by atoms with Crippen LogP contribution in [0.15, 0.2) is 0 Å². The van der Waals surface area contributed by atoms with Crippen LogP contribution in [0.1, 0.15) is 45.4 Å². The molecule has 1 nitrogen and oxygen atoms in total. The lowest BCUT2D eigenvalue weighted by atomic mass is 9.90. The standard InChI is InChI=1S/C9H19N/c1-8-4-2-3-5-9(10)7-6-8/h8-9H,2-7,10H2,1H3. The van der Waals surface area contributed by atoms with Crippen LogP contribution in [0.25, 0.3) is 0 Å². The third-order valence-electron chi connectivity index (χ3n) is 2.55. The van der Waals surface area contributed by atoms with Crippen LogP contribution in [0.5, 0.6) is 0 Å². The molecule has 1 fully saturated rings. The molecule has 0 bridgehead atoms. The fraction of sp³-hybridized carbons (Fsp3) is 1.00. The van der Waals surface area contributed by atoms with Gasteiger partial charge in [0, 0.05) is 6.04 Å². The summed E-state index contributed by atoms with van der Waals surface area (Å²) in [5.41, 5.74) is 5.87. The van der Waals surface area contributed by atoms with Gasteiger partial charge in [0.25, 0.3) is 0 Å². The molecule has 2 N–H and O–H groups in total. The number of hydrogen-bond acceptors (Lipinski definition) is 1. The van der Waals surface area contributed by atoms with E-state index in [9.17, 15) is 0 Å². The Kier molecular flexibility index (Phi) is 3.20. The van der Waals surface area contributed by atoms with E-state index in [0.29, 0.717) is 6.04 Å². The normalized spacial score (nSPS) is 36.6. The molecule has 0 amide bonds. The van der Waals surface area contributed by atoms with Gasteiger partial charge < -0.3 is 5.73 Å². The fourth-order valence-corrected chi connectivity index (χ4v) is 1.69. The van der Waals surface area contributed by atoms with Crippen molar-refractivity contribution in [3.05, 3.63) is 0 Å². The van der Waals surface area contributed by atoms with Gasteiger partial charge in [0.1, 0.15) is 0 Å². The minimum absolute atomic E-state index is 0.503. The molecule has 0 saturated heterocycles. The molecular weight excluding hydrogens is 122 g/mol. The molecule has 1 rings (SSSR count). The Morgan fingerprint density at radius 2 is 1.70 bits per heavy atom. The Balaban J connectivity index is 2.23. The summed E-state index contributed by atoms with van der Waals surface area (Å²) in [5.74, 6) is 0.923. The van der Waals surface area contributed by atoms with Crippen molar-refractivity contribution in [3.8, 4) is 0 Å². The summed E-state index contributed by atoms with van der Waals surface area (Å²) in [4.78, 5) is 0. The smallest absolute Gasteiger partial charge is 0.00389 e. The molecule has 2 unspecified atom stereocenters. The van der Waals surface area contributed by atoms with Crippen LogP contribution in [0, 0.1) is 5.92 Å². The lowest BCUT2D eigenvalue weighted by Crippen LogP contribution is -2.22. The fourth-order valence-electron chi connectivity index (χ4n) is 1.69. The van der Waals surface area contributed by atoms with E-state index >= 15 is 0 Å².